The van der Waals surface area contributed by atoms with E-state index < -0.39 is 0 Å². The summed E-state index contributed by atoms with van der Waals surface area (Å²) in [6, 6.07) is 0.281. The fourth-order valence-electron chi connectivity index (χ4n) is 2.04. The van der Waals surface area contributed by atoms with Crippen molar-refractivity contribution in [2.75, 3.05) is 26.2 Å². The number of amides is 1. The van der Waals surface area contributed by atoms with Crippen molar-refractivity contribution in [2.24, 2.45) is 5.92 Å². The first kappa shape index (κ1) is 11.5. The lowest BCUT2D eigenvalue weighted by atomic mass is 10.0. The summed E-state index contributed by atoms with van der Waals surface area (Å²) in [7, 11) is 0. The summed E-state index contributed by atoms with van der Waals surface area (Å²) >= 11 is 0. The molecule has 0 saturated carbocycles. The molecule has 0 radical (unpaired) electrons. The van der Waals surface area contributed by atoms with E-state index in [4.69, 9.17) is 0 Å². The Morgan fingerprint density at radius 2 is 2.36 bits per heavy atom. The van der Waals surface area contributed by atoms with Crippen molar-refractivity contribution in [1.82, 2.24) is 10.2 Å². The summed E-state index contributed by atoms with van der Waals surface area (Å²) in [5.74, 6) is 0.579. The van der Waals surface area contributed by atoms with Gasteiger partial charge in [0, 0.05) is 26.1 Å². The van der Waals surface area contributed by atoms with Gasteiger partial charge in [-0.1, -0.05) is 6.92 Å². The quantitative estimate of drug-likeness (QED) is 0.662. The Bertz CT molecular complexity index is 197. The molecular weight excluding hydrogens is 180 g/mol. The van der Waals surface area contributed by atoms with Crippen LogP contribution in [0.1, 0.15) is 20.3 Å². The van der Waals surface area contributed by atoms with E-state index in [1.807, 2.05) is 0 Å². The SMILES string of the molecule is CC(=O)NCCN1CCC(C)C1CO. The Balaban J connectivity index is 2.26. The third kappa shape index (κ3) is 2.96. The number of aliphatic hydroxyl groups is 1. The standard InChI is InChI=1S/C10H20N2O2/c1-8-3-5-12(10(8)7-13)6-4-11-9(2)14/h8,10,13H,3-7H2,1-2H3,(H,11,14). The fraction of sp³-hybridized carbons (Fsp3) is 0.900. The van der Waals surface area contributed by atoms with Crippen molar-refractivity contribution in [3.8, 4) is 0 Å². The normalized spacial score (nSPS) is 27.9. The molecule has 14 heavy (non-hydrogen) atoms. The van der Waals surface area contributed by atoms with E-state index in [0.717, 1.165) is 19.5 Å². The van der Waals surface area contributed by atoms with Gasteiger partial charge in [0.25, 0.3) is 0 Å². The number of aliphatic hydroxyl groups excluding tert-OH is 1. The molecule has 0 bridgehead atoms. The molecular formula is C10H20N2O2. The summed E-state index contributed by atoms with van der Waals surface area (Å²) in [5, 5.41) is 12.0. The molecule has 1 heterocycles. The van der Waals surface area contributed by atoms with Crippen molar-refractivity contribution < 1.29 is 9.90 Å². The van der Waals surface area contributed by atoms with Crippen LogP contribution in [0, 0.1) is 5.92 Å². The van der Waals surface area contributed by atoms with E-state index in [0.29, 0.717) is 12.5 Å². The molecule has 0 spiro atoms. The number of hydrogen-bond donors (Lipinski definition) is 2. The maximum Gasteiger partial charge on any atom is 0.216 e. The zero-order valence-electron chi connectivity index (χ0n) is 8.99. The summed E-state index contributed by atoms with van der Waals surface area (Å²) in [5.41, 5.74) is 0. The van der Waals surface area contributed by atoms with Gasteiger partial charge in [-0.25, -0.2) is 0 Å². The van der Waals surface area contributed by atoms with Crippen molar-refractivity contribution in [1.29, 1.82) is 0 Å². The molecule has 4 heteroatoms. The van der Waals surface area contributed by atoms with E-state index in [1.54, 1.807) is 0 Å². The Morgan fingerprint density at radius 3 is 2.93 bits per heavy atom. The van der Waals surface area contributed by atoms with Crippen LogP contribution in [0.3, 0.4) is 0 Å². The molecule has 4 nitrogen and oxygen atoms in total. The average molecular weight is 200 g/mol. The molecule has 1 amide bonds. The highest BCUT2D eigenvalue weighted by molar-refractivity contribution is 5.72. The zero-order chi connectivity index (χ0) is 10.6. The number of rotatable bonds is 4. The van der Waals surface area contributed by atoms with Gasteiger partial charge in [0.1, 0.15) is 0 Å². The third-order valence-electron chi connectivity index (χ3n) is 2.96. The van der Waals surface area contributed by atoms with Crippen molar-refractivity contribution in [3.63, 3.8) is 0 Å². The molecule has 1 aliphatic heterocycles. The second kappa shape index (κ2) is 5.32. The molecule has 0 aromatic carbocycles. The number of hydrogen-bond acceptors (Lipinski definition) is 3. The first-order chi connectivity index (χ1) is 6.65. The first-order valence-electron chi connectivity index (χ1n) is 5.24. The van der Waals surface area contributed by atoms with Gasteiger partial charge in [-0.3, -0.25) is 9.69 Å². The predicted molar refractivity (Wildman–Crippen MR) is 54.9 cm³/mol. The van der Waals surface area contributed by atoms with Crippen LogP contribution in [-0.2, 0) is 4.79 Å². The highest BCUT2D eigenvalue weighted by Crippen LogP contribution is 2.22. The highest BCUT2D eigenvalue weighted by atomic mass is 16.3. The van der Waals surface area contributed by atoms with Gasteiger partial charge in [-0.2, -0.15) is 0 Å². The van der Waals surface area contributed by atoms with Gasteiger partial charge in [-0.15, -0.1) is 0 Å². The molecule has 2 N–H and O–H groups in total. The van der Waals surface area contributed by atoms with E-state index in [2.05, 4.69) is 17.1 Å². The fourth-order valence-corrected chi connectivity index (χ4v) is 2.04. The largest absolute Gasteiger partial charge is 0.395 e. The molecule has 1 aliphatic rings. The van der Waals surface area contributed by atoms with Crippen molar-refractivity contribution in [2.45, 2.75) is 26.3 Å². The molecule has 0 aliphatic carbocycles. The van der Waals surface area contributed by atoms with Crippen LogP contribution in [0.5, 0.6) is 0 Å². The van der Waals surface area contributed by atoms with Crippen molar-refractivity contribution in [3.05, 3.63) is 0 Å². The Kier molecular flexibility index (Phi) is 4.35. The Hall–Kier alpha value is -0.610. The zero-order valence-corrected chi connectivity index (χ0v) is 8.99. The molecule has 1 fully saturated rings. The molecule has 1 saturated heterocycles. The Morgan fingerprint density at radius 1 is 1.64 bits per heavy atom. The number of carbonyl (C=O) groups is 1. The highest BCUT2D eigenvalue weighted by Gasteiger charge is 2.29. The topological polar surface area (TPSA) is 52.6 Å². The van der Waals surface area contributed by atoms with Crippen LogP contribution in [0.15, 0.2) is 0 Å². The number of nitrogens with zero attached hydrogens (tertiary/aromatic N) is 1. The van der Waals surface area contributed by atoms with Gasteiger partial charge in [0.05, 0.1) is 6.61 Å². The van der Waals surface area contributed by atoms with Gasteiger partial charge in [0.2, 0.25) is 5.91 Å². The van der Waals surface area contributed by atoms with E-state index in [-0.39, 0.29) is 18.6 Å². The summed E-state index contributed by atoms with van der Waals surface area (Å²) in [6.07, 6.45) is 1.14. The molecule has 2 atom stereocenters. The minimum atomic E-state index is 0.0118. The van der Waals surface area contributed by atoms with E-state index in [1.165, 1.54) is 6.92 Å². The predicted octanol–water partition coefficient (Wildman–Crippen LogP) is -0.175. The number of nitrogens with one attached hydrogen (secondary N) is 1. The van der Waals surface area contributed by atoms with Gasteiger partial charge < -0.3 is 10.4 Å². The third-order valence-corrected chi connectivity index (χ3v) is 2.96. The Labute approximate surface area is 85.3 Å². The smallest absolute Gasteiger partial charge is 0.216 e. The monoisotopic (exact) mass is 200 g/mol. The van der Waals surface area contributed by atoms with Crippen molar-refractivity contribution >= 4 is 5.91 Å². The van der Waals surface area contributed by atoms with Crippen LogP contribution in [0.2, 0.25) is 0 Å². The van der Waals surface area contributed by atoms with Gasteiger partial charge in [-0.05, 0) is 18.9 Å². The van der Waals surface area contributed by atoms with Gasteiger partial charge in [0.15, 0.2) is 0 Å². The molecule has 2 unspecified atom stereocenters. The first-order valence-corrected chi connectivity index (χ1v) is 5.24. The summed E-state index contributed by atoms with van der Waals surface area (Å²) < 4.78 is 0. The lowest BCUT2D eigenvalue weighted by Crippen LogP contribution is -2.40. The minimum absolute atomic E-state index is 0.0118. The molecule has 0 aromatic heterocycles. The maximum atomic E-state index is 10.7. The van der Waals surface area contributed by atoms with Crippen LogP contribution in [0.4, 0.5) is 0 Å². The van der Waals surface area contributed by atoms with E-state index >= 15 is 0 Å². The van der Waals surface area contributed by atoms with Crippen LogP contribution < -0.4 is 5.32 Å². The molecule has 0 aromatic rings. The van der Waals surface area contributed by atoms with Crippen LogP contribution in [-0.4, -0.2) is 48.2 Å². The average Bonchev–Trinajstić information content (AvgIpc) is 2.46. The second-order valence-electron chi connectivity index (χ2n) is 4.03. The molecule has 1 rings (SSSR count). The lowest BCUT2D eigenvalue weighted by molar-refractivity contribution is -0.119. The summed E-state index contributed by atoms with van der Waals surface area (Å²) in [4.78, 5) is 12.9. The van der Waals surface area contributed by atoms with Crippen LogP contribution >= 0.6 is 0 Å². The molecule has 82 valence electrons. The lowest BCUT2D eigenvalue weighted by Gasteiger charge is -2.24. The number of carbonyl (C=O) groups excluding carboxylic acids is 1. The second-order valence-corrected chi connectivity index (χ2v) is 4.03. The minimum Gasteiger partial charge on any atom is -0.395 e. The number of likely N-dealkylation sites (tertiary alicyclic amines) is 1. The summed E-state index contributed by atoms with van der Waals surface area (Å²) in [6.45, 7) is 6.47. The van der Waals surface area contributed by atoms with Gasteiger partial charge >= 0.3 is 0 Å². The van der Waals surface area contributed by atoms with Crippen LogP contribution in [0.25, 0.3) is 0 Å². The van der Waals surface area contributed by atoms with E-state index in [9.17, 15) is 9.90 Å². The maximum absolute atomic E-state index is 10.7.